The van der Waals surface area contributed by atoms with Gasteiger partial charge in [-0.25, -0.2) is 4.79 Å². The molecule has 10 nitrogen and oxygen atoms in total. The summed E-state index contributed by atoms with van der Waals surface area (Å²) < 4.78 is 10.4. The first-order valence-corrected chi connectivity index (χ1v) is 12.5. The minimum absolute atomic E-state index is 0.0561. The Balaban J connectivity index is 1.99. The van der Waals surface area contributed by atoms with Gasteiger partial charge in [-0.15, -0.1) is 0 Å². The number of amides is 3. The lowest BCUT2D eigenvalue weighted by Gasteiger charge is -2.34. The van der Waals surface area contributed by atoms with Crippen LogP contribution in [0.3, 0.4) is 0 Å². The van der Waals surface area contributed by atoms with Crippen LogP contribution in [0.1, 0.15) is 51.3 Å². The second kappa shape index (κ2) is 11.7. The van der Waals surface area contributed by atoms with Crippen LogP contribution in [0, 0.1) is 12.8 Å². The van der Waals surface area contributed by atoms with E-state index in [1.165, 1.54) is 11.0 Å². The molecule has 0 radical (unpaired) electrons. The number of nitrogens with zero attached hydrogens (tertiary/aromatic N) is 1. The minimum atomic E-state index is -1.33. The number of alkyl carbamates (subject to hydrolysis) is 1. The van der Waals surface area contributed by atoms with Crippen molar-refractivity contribution in [2.24, 2.45) is 5.92 Å². The van der Waals surface area contributed by atoms with Gasteiger partial charge in [0.2, 0.25) is 5.91 Å². The summed E-state index contributed by atoms with van der Waals surface area (Å²) in [5, 5.41) is 25.4. The summed E-state index contributed by atoms with van der Waals surface area (Å²) in [5.74, 6) is -0.318. The maximum Gasteiger partial charge on any atom is 0.408 e. The Bertz CT molecular complexity index is 1160. The number of aromatic hydroxyl groups is 1. The number of carbonyl (C=O) groups excluding carboxylic acids is 3. The van der Waals surface area contributed by atoms with Gasteiger partial charge >= 0.3 is 6.09 Å². The number of methoxy groups -OCH3 is 1. The van der Waals surface area contributed by atoms with E-state index >= 15 is 0 Å². The summed E-state index contributed by atoms with van der Waals surface area (Å²) in [4.78, 5) is 41.5. The van der Waals surface area contributed by atoms with Crippen LogP contribution in [-0.2, 0) is 14.3 Å². The number of anilines is 1. The first-order chi connectivity index (χ1) is 17.8. The van der Waals surface area contributed by atoms with Gasteiger partial charge in [-0.05, 0) is 87.6 Å². The highest BCUT2D eigenvalue weighted by Crippen LogP contribution is 2.41. The van der Waals surface area contributed by atoms with Crippen molar-refractivity contribution in [2.45, 2.75) is 64.8 Å². The van der Waals surface area contributed by atoms with Crippen LogP contribution in [0.5, 0.6) is 11.5 Å². The van der Waals surface area contributed by atoms with Crippen molar-refractivity contribution >= 4 is 23.6 Å². The van der Waals surface area contributed by atoms with Crippen molar-refractivity contribution in [3.8, 4) is 11.5 Å². The molecule has 1 aliphatic carbocycles. The average molecular weight is 528 g/mol. The third kappa shape index (κ3) is 7.16. The molecule has 3 amide bonds. The SMILES string of the molecule is COc1ccc(NC(=O)C(c2ccc(O)c(C)c2)N(C(=O)C(CO)NC(=O)OC(C)(C)C)C2CC2C)cc1. The van der Waals surface area contributed by atoms with Gasteiger partial charge in [0.25, 0.3) is 5.91 Å². The molecule has 2 aromatic carbocycles. The Morgan fingerprint density at radius 3 is 2.26 bits per heavy atom. The predicted octanol–water partition coefficient (Wildman–Crippen LogP) is 3.51. The molecule has 4 atom stereocenters. The average Bonchev–Trinajstić information content (AvgIpc) is 3.57. The molecule has 2 aromatic rings. The van der Waals surface area contributed by atoms with Gasteiger partial charge in [-0.2, -0.15) is 0 Å². The fraction of sp³-hybridized carbons (Fsp3) is 0.464. The van der Waals surface area contributed by atoms with Gasteiger partial charge in [0.05, 0.1) is 13.7 Å². The standard InChI is InChI=1S/C28H37N3O7/c1-16-14-22(16)31(26(35)21(15-32)30-27(36)38-28(3,4)5)24(18-7-12-23(33)17(2)13-18)25(34)29-19-8-10-20(37-6)11-9-19/h7-13,16,21-22,24,32-33H,14-15H2,1-6H3,(H,29,34)(H,30,36). The van der Waals surface area contributed by atoms with Crippen LogP contribution in [0.15, 0.2) is 42.5 Å². The Morgan fingerprint density at radius 2 is 1.76 bits per heavy atom. The van der Waals surface area contributed by atoms with E-state index in [4.69, 9.17) is 9.47 Å². The van der Waals surface area contributed by atoms with Gasteiger partial charge in [0, 0.05) is 11.7 Å². The van der Waals surface area contributed by atoms with Gasteiger partial charge < -0.3 is 35.2 Å². The molecular formula is C28H37N3O7. The van der Waals surface area contributed by atoms with Crippen LogP contribution in [0.4, 0.5) is 10.5 Å². The van der Waals surface area contributed by atoms with Gasteiger partial charge in [-0.1, -0.05) is 13.0 Å². The van der Waals surface area contributed by atoms with Crippen molar-refractivity contribution in [3.63, 3.8) is 0 Å². The van der Waals surface area contributed by atoms with Crippen LogP contribution in [-0.4, -0.2) is 64.4 Å². The zero-order chi connectivity index (χ0) is 28.2. The molecule has 4 unspecified atom stereocenters. The first-order valence-electron chi connectivity index (χ1n) is 12.5. The summed E-state index contributed by atoms with van der Waals surface area (Å²) in [6, 6.07) is 8.75. The number of nitrogens with one attached hydrogen (secondary N) is 2. The van der Waals surface area contributed by atoms with Gasteiger partial charge in [-0.3, -0.25) is 9.59 Å². The molecule has 1 fully saturated rings. The largest absolute Gasteiger partial charge is 0.508 e. The molecular weight excluding hydrogens is 490 g/mol. The monoisotopic (exact) mass is 527 g/mol. The number of phenolic OH excluding ortho intramolecular Hbond substituents is 1. The number of aliphatic hydroxyl groups excluding tert-OH is 1. The summed E-state index contributed by atoms with van der Waals surface area (Å²) >= 11 is 0. The number of hydrogen-bond donors (Lipinski definition) is 4. The van der Waals surface area contributed by atoms with Crippen molar-refractivity contribution in [2.75, 3.05) is 19.0 Å². The summed E-state index contributed by atoms with van der Waals surface area (Å²) in [7, 11) is 1.54. The Kier molecular flexibility index (Phi) is 8.88. The quantitative estimate of drug-likeness (QED) is 0.392. The van der Waals surface area contributed by atoms with Crippen LogP contribution < -0.4 is 15.4 Å². The summed E-state index contributed by atoms with van der Waals surface area (Å²) in [6.45, 7) is 8.04. The third-order valence-electron chi connectivity index (χ3n) is 6.27. The lowest BCUT2D eigenvalue weighted by Crippen LogP contribution is -2.54. The zero-order valence-corrected chi connectivity index (χ0v) is 22.6. The summed E-state index contributed by atoms with van der Waals surface area (Å²) in [6.07, 6.45) is -0.201. The van der Waals surface area contributed by atoms with Gasteiger partial charge in [0.15, 0.2) is 0 Å². The van der Waals surface area contributed by atoms with E-state index in [0.29, 0.717) is 29.0 Å². The number of aliphatic hydroxyl groups is 1. The number of benzene rings is 2. The van der Waals surface area contributed by atoms with Gasteiger partial charge in [0.1, 0.15) is 29.2 Å². The number of hydrogen-bond acceptors (Lipinski definition) is 7. The second-order valence-electron chi connectivity index (χ2n) is 10.6. The molecule has 0 heterocycles. The topological polar surface area (TPSA) is 137 Å². The second-order valence-corrected chi connectivity index (χ2v) is 10.6. The Morgan fingerprint density at radius 1 is 1.13 bits per heavy atom. The molecule has 4 N–H and O–H groups in total. The van der Waals surface area contributed by atoms with Crippen LogP contribution in [0.2, 0.25) is 0 Å². The molecule has 1 saturated carbocycles. The first kappa shape index (κ1) is 28.8. The highest BCUT2D eigenvalue weighted by molar-refractivity contribution is 5.99. The molecule has 1 aliphatic rings. The zero-order valence-electron chi connectivity index (χ0n) is 22.6. The number of rotatable bonds is 9. The van der Waals surface area contributed by atoms with Crippen LogP contribution in [0.25, 0.3) is 0 Å². The summed E-state index contributed by atoms with van der Waals surface area (Å²) in [5.41, 5.74) is 0.708. The molecule has 0 saturated heterocycles. The molecule has 0 bridgehead atoms. The molecule has 38 heavy (non-hydrogen) atoms. The third-order valence-corrected chi connectivity index (χ3v) is 6.27. The Labute approximate surface area is 222 Å². The van der Waals surface area contributed by atoms with E-state index in [0.717, 1.165) is 0 Å². The number of ether oxygens (including phenoxy) is 2. The van der Waals surface area contributed by atoms with E-state index in [-0.39, 0.29) is 17.7 Å². The minimum Gasteiger partial charge on any atom is -0.508 e. The highest BCUT2D eigenvalue weighted by atomic mass is 16.6. The fourth-order valence-corrected chi connectivity index (χ4v) is 4.16. The predicted molar refractivity (Wildman–Crippen MR) is 142 cm³/mol. The van der Waals surface area contributed by atoms with E-state index in [1.807, 2.05) is 6.92 Å². The van der Waals surface area contributed by atoms with E-state index in [9.17, 15) is 24.6 Å². The smallest absolute Gasteiger partial charge is 0.408 e. The van der Waals surface area contributed by atoms with E-state index in [2.05, 4.69) is 10.6 Å². The molecule has 0 spiro atoms. The van der Waals surface area contributed by atoms with Crippen molar-refractivity contribution in [1.82, 2.24) is 10.2 Å². The molecule has 10 heteroatoms. The van der Waals surface area contributed by atoms with E-state index in [1.54, 1.807) is 71.2 Å². The lowest BCUT2D eigenvalue weighted by atomic mass is 9.99. The molecule has 0 aliphatic heterocycles. The number of carbonyl (C=O) groups is 3. The van der Waals surface area contributed by atoms with Crippen LogP contribution >= 0.6 is 0 Å². The normalized spacial score (nSPS) is 18.1. The maximum absolute atomic E-state index is 13.9. The molecule has 3 rings (SSSR count). The highest BCUT2D eigenvalue weighted by Gasteiger charge is 2.48. The number of aryl methyl sites for hydroxylation is 1. The Hall–Kier alpha value is -3.79. The fourth-order valence-electron chi connectivity index (χ4n) is 4.16. The lowest BCUT2D eigenvalue weighted by molar-refractivity contribution is -0.142. The van der Waals surface area contributed by atoms with Crippen molar-refractivity contribution in [3.05, 3.63) is 53.6 Å². The van der Waals surface area contributed by atoms with Crippen molar-refractivity contribution in [1.29, 1.82) is 0 Å². The van der Waals surface area contributed by atoms with Crippen molar-refractivity contribution < 1.29 is 34.1 Å². The molecule has 206 valence electrons. The molecule has 0 aromatic heterocycles. The maximum atomic E-state index is 13.9. The number of phenols is 1. The van der Waals surface area contributed by atoms with E-state index < -0.39 is 42.2 Å².